The fourth-order valence-electron chi connectivity index (χ4n) is 0.911. The van der Waals surface area contributed by atoms with Gasteiger partial charge in [-0.2, -0.15) is 10.2 Å². The molecule has 18 heavy (non-hydrogen) atoms. The minimum Gasteiger partial charge on any atom is -0.399 e. The summed E-state index contributed by atoms with van der Waals surface area (Å²) in [5.74, 6) is 0. The molecule has 0 aliphatic heterocycles. The molecule has 0 aliphatic carbocycles. The predicted octanol–water partition coefficient (Wildman–Crippen LogP) is 0.390. The average Bonchev–Trinajstić information content (AvgIpc) is 2.31. The van der Waals surface area contributed by atoms with Crippen LogP contribution in [0.3, 0.4) is 0 Å². The molecule has 2 aromatic rings. The molecule has 1 heterocycles. The number of rotatable bonds is 1. The fraction of sp³-hybridized carbons (Fsp3) is 0. The summed E-state index contributed by atoms with van der Waals surface area (Å²) in [6.45, 7) is 0. The van der Waals surface area contributed by atoms with Gasteiger partial charge in [-0.1, -0.05) is 0 Å². The molecule has 101 valence electrons. The molecule has 1 aromatic heterocycles. The predicted molar refractivity (Wildman–Crippen MR) is 64.3 cm³/mol. The number of nitrogens with zero attached hydrogens (tertiary/aromatic N) is 2. The number of hydrogen-bond donors (Lipinski definition) is 2. The Morgan fingerprint density at radius 1 is 0.944 bits per heavy atom. The normalized spacial score (nSPS) is 9.61. The van der Waals surface area contributed by atoms with Gasteiger partial charge in [-0.3, -0.25) is 0 Å². The second kappa shape index (κ2) is 7.96. The Hall–Kier alpha value is -1.25. The van der Waals surface area contributed by atoms with Crippen molar-refractivity contribution in [3.8, 4) is 0 Å². The van der Waals surface area contributed by atoms with Gasteiger partial charge in [-0.05, 0) is 36.4 Å². The van der Waals surface area contributed by atoms with E-state index in [1.165, 1.54) is 24.3 Å². The van der Waals surface area contributed by atoms with Gasteiger partial charge in [0.1, 0.15) is 0 Å². The van der Waals surface area contributed by atoms with Crippen LogP contribution >= 0.6 is 0 Å². The summed E-state index contributed by atoms with van der Waals surface area (Å²) in [7, 11) is -3.58. The molecule has 0 saturated heterocycles. The molecule has 0 saturated carbocycles. The van der Waals surface area contributed by atoms with E-state index in [-0.39, 0.29) is 27.3 Å². The number of anilines is 1. The maximum Gasteiger partial charge on any atom is 0.238 e. The molecule has 0 atom stereocenters. The van der Waals surface area contributed by atoms with E-state index in [0.717, 1.165) is 0 Å². The Morgan fingerprint density at radius 3 is 1.67 bits per heavy atom. The summed E-state index contributed by atoms with van der Waals surface area (Å²) < 4.78 is 21.4. The van der Waals surface area contributed by atoms with Crippen LogP contribution in [0.2, 0.25) is 0 Å². The summed E-state index contributed by atoms with van der Waals surface area (Å²) in [5, 5.41) is 11.9. The second-order valence-corrected chi connectivity index (χ2v) is 4.59. The van der Waals surface area contributed by atoms with E-state index in [2.05, 4.69) is 10.2 Å². The molecule has 0 amide bonds. The van der Waals surface area contributed by atoms with E-state index in [1.54, 1.807) is 12.4 Å². The van der Waals surface area contributed by atoms with E-state index in [4.69, 9.17) is 10.9 Å². The average molecular weight is 360 g/mol. The zero-order valence-corrected chi connectivity index (χ0v) is 11.5. The monoisotopic (exact) mass is 359 g/mol. The Balaban J connectivity index is 0.000000352. The Morgan fingerprint density at radius 2 is 1.39 bits per heavy atom. The summed E-state index contributed by atoms with van der Waals surface area (Å²) in [5.41, 5.74) is 5.85. The van der Waals surface area contributed by atoms with Crippen LogP contribution in [-0.2, 0) is 32.4 Å². The zero-order chi connectivity index (χ0) is 12.7. The van der Waals surface area contributed by atoms with Crippen molar-refractivity contribution in [1.82, 2.24) is 10.2 Å². The van der Waals surface area contributed by atoms with Crippen LogP contribution in [0.25, 0.3) is 0 Å². The summed E-state index contributed by atoms with van der Waals surface area (Å²) in [6, 6.07) is 9.36. The first-order chi connectivity index (χ1) is 8.00. The van der Waals surface area contributed by atoms with Crippen molar-refractivity contribution < 1.29 is 30.8 Å². The summed E-state index contributed by atoms with van der Waals surface area (Å²) in [6.07, 6.45) is 3.28. The molecule has 0 fully saturated rings. The molecule has 1 aromatic carbocycles. The van der Waals surface area contributed by atoms with Crippen molar-refractivity contribution in [3.05, 3.63) is 48.8 Å². The number of sulfonamides is 1. The van der Waals surface area contributed by atoms with Crippen LogP contribution in [0.1, 0.15) is 0 Å². The van der Waals surface area contributed by atoms with E-state index >= 15 is 0 Å². The number of primary sulfonamides is 1. The van der Waals surface area contributed by atoms with Crippen molar-refractivity contribution in [2.24, 2.45) is 5.14 Å². The number of hydrogen-bond acceptors (Lipinski definition) is 5. The van der Waals surface area contributed by atoms with Crippen molar-refractivity contribution >= 4 is 15.7 Å². The first-order valence-electron chi connectivity index (χ1n) is 4.60. The summed E-state index contributed by atoms with van der Waals surface area (Å²) in [4.78, 5) is 0.0756. The topological polar surface area (TPSA) is 112 Å². The molecular formula is C10H12AgN4O2S. The van der Waals surface area contributed by atoms with Gasteiger partial charge in [0.15, 0.2) is 0 Å². The second-order valence-electron chi connectivity index (χ2n) is 3.03. The number of nitrogens with two attached hydrogens (primary N) is 2. The molecule has 8 heteroatoms. The fourth-order valence-corrected chi connectivity index (χ4v) is 1.43. The van der Waals surface area contributed by atoms with Crippen LogP contribution in [0.4, 0.5) is 5.69 Å². The van der Waals surface area contributed by atoms with Crippen LogP contribution < -0.4 is 10.9 Å². The molecule has 0 aliphatic rings. The molecular weight excluding hydrogens is 348 g/mol. The molecule has 1 radical (unpaired) electrons. The van der Waals surface area contributed by atoms with E-state index < -0.39 is 10.0 Å². The van der Waals surface area contributed by atoms with E-state index in [9.17, 15) is 8.42 Å². The van der Waals surface area contributed by atoms with Crippen LogP contribution in [-0.4, -0.2) is 18.6 Å². The van der Waals surface area contributed by atoms with Gasteiger partial charge in [0.05, 0.1) is 4.90 Å². The Kier molecular flexibility index (Phi) is 7.41. The number of nitrogen functional groups attached to an aromatic ring is 1. The quantitative estimate of drug-likeness (QED) is 0.565. The minimum absolute atomic E-state index is 0. The SMILES string of the molecule is Nc1ccc(S(N)(=O)=O)cc1.[Ag].c1ccnnc1. The van der Waals surface area contributed by atoms with Gasteiger partial charge >= 0.3 is 0 Å². The van der Waals surface area contributed by atoms with Crippen molar-refractivity contribution in [2.75, 3.05) is 5.73 Å². The van der Waals surface area contributed by atoms with Crippen molar-refractivity contribution in [1.29, 1.82) is 0 Å². The van der Waals surface area contributed by atoms with Crippen LogP contribution in [0.5, 0.6) is 0 Å². The maximum atomic E-state index is 10.7. The third kappa shape index (κ3) is 6.48. The maximum absolute atomic E-state index is 10.7. The third-order valence-electron chi connectivity index (χ3n) is 1.69. The largest absolute Gasteiger partial charge is 0.399 e. The molecule has 4 N–H and O–H groups in total. The van der Waals surface area contributed by atoms with Gasteiger partial charge < -0.3 is 5.73 Å². The Bertz CT molecular complexity index is 519. The van der Waals surface area contributed by atoms with Crippen molar-refractivity contribution in [3.63, 3.8) is 0 Å². The van der Waals surface area contributed by atoms with Crippen LogP contribution in [0.15, 0.2) is 53.7 Å². The standard InChI is InChI=1S/C6H8N2O2S.C4H4N2.Ag/c7-5-1-3-6(4-2-5)11(8,9)10;1-2-4-6-5-3-1;/h1-4H,7H2,(H2,8,9,10);1-4H;. The number of aromatic nitrogens is 2. The van der Waals surface area contributed by atoms with Gasteiger partial charge in [0, 0.05) is 40.5 Å². The first kappa shape index (κ1) is 16.8. The minimum atomic E-state index is -3.58. The van der Waals surface area contributed by atoms with E-state index in [1.807, 2.05) is 12.1 Å². The van der Waals surface area contributed by atoms with Crippen molar-refractivity contribution in [2.45, 2.75) is 4.90 Å². The first-order valence-corrected chi connectivity index (χ1v) is 6.15. The number of benzene rings is 1. The molecule has 6 nitrogen and oxygen atoms in total. The smallest absolute Gasteiger partial charge is 0.238 e. The molecule has 0 unspecified atom stereocenters. The zero-order valence-electron chi connectivity index (χ0n) is 9.19. The van der Waals surface area contributed by atoms with Gasteiger partial charge in [0.25, 0.3) is 0 Å². The van der Waals surface area contributed by atoms with Gasteiger partial charge in [-0.15, -0.1) is 0 Å². The summed E-state index contributed by atoms with van der Waals surface area (Å²) >= 11 is 0. The van der Waals surface area contributed by atoms with E-state index in [0.29, 0.717) is 5.69 Å². The molecule has 0 bridgehead atoms. The Labute approximate surface area is 121 Å². The third-order valence-corrected chi connectivity index (χ3v) is 2.62. The molecule has 0 spiro atoms. The molecule has 2 rings (SSSR count). The van der Waals surface area contributed by atoms with Crippen LogP contribution in [0, 0.1) is 0 Å². The van der Waals surface area contributed by atoms with Gasteiger partial charge in [0.2, 0.25) is 10.0 Å². The van der Waals surface area contributed by atoms with Gasteiger partial charge in [-0.25, -0.2) is 13.6 Å².